The summed E-state index contributed by atoms with van der Waals surface area (Å²) >= 11 is 0. The van der Waals surface area contributed by atoms with Gasteiger partial charge in [-0.3, -0.25) is 0 Å². The summed E-state index contributed by atoms with van der Waals surface area (Å²) < 4.78 is 19.6. The molecule has 4 saturated heterocycles. The van der Waals surface area contributed by atoms with Gasteiger partial charge in [-0.2, -0.15) is 0 Å². The van der Waals surface area contributed by atoms with Gasteiger partial charge >= 0.3 is 0 Å². The van der Waals surface area contributed by atoms with Crippen molar-refractivity contribution in [2.45, 2.75) is 94.9 Å². The van der Waals surface area contributed by atoms with Crippen molar-refractivity contribution < 1.29 is 14.2 Å². The van der Waals surface area contributed by atoms with Crippen LogP contribution in [0.5, 0.6) is 0 Å². The van der Waals surface area contributed by atoms with Crippen molar-refractivity contribution in [1.29, 1.82) is 0 Å². The fraction of sp³-hybridized carbons (Fsp3) is 0.727. The maximum absolute atomic E-state index is 6.67. The van der Waals surface area contributed by atoms with E-state index in [2.05, 4.69) is 82.0 Å². The van der Waals surface area contributed by atoms with E-state index in [1.165, 1.54) is 11.1 Å². The molecular formula is C22H33O3P. The minimum atomic E-state index is -0.580. The summed E-state index contributed by atoms with van der Waals surface area (Å²) in [6, 6.07) is 9.13. The van der Waals surface area contributed by atoms with Crippen LogP contribution < -0.4 is 0 Å². The summed E-state index contributed by atoms with van der Waals surface area (Å²) in [6.07, 6.45) is 2.36. The van der Waals surface area contributed by atoms with Gasteiger partial charge in [-0.15, -0.1) is 9.24 Å². The zero-order valence-corrected chi connectivity index (χ0v) is 18.4. The van der Waals surface area contributed by atoms with Crippen LogP contribution in [0.3, 0.4) is 0 Å². The lowest BCUT2D eigenvalue weighted by atomic mass is 9.52. The Morgan fingerprint density at radius 2 is 1.31 bits per heavy atom. The Balaban J connectivity index is 1.88. The molecule has 1 aromatic carbocycles. The van der Waals surface area contributed by atoms with E-state index in [4.69, 9.17) is 14.2 Å². The Hall–Kier alpha value is -0.470. The maximum Gasteiger partial charge on any atom is 0.172 e. The molecule has 5 rings (SSSR count). The standard InChI is InChI=1S/C22H33O3P/c1-17(2,3)15-8-10-16(11-9-15)22(14-26)18(4)12-20(6)24-19(22,5)13-21(7,23-18)25-20/h8-11H,12-14,26H2,1-7H3. The quantitative estimate of drug-likeness (QED) is 0.686. The molecule has 0 saturated carbocycles. The Morgan fingerprint density at radius 3 is 1.69 bits per heavy atom. The Kier molecular flexibility index (Phi) is 3.71. The molecule has 3 nitrogen and oxygen atoms in total. The molecule has 0 spiro atoms. The molecule has 5 unspecified atom stereocenters. The number of rotatable bonds is 2. The maximum atomic E-state index is 6.67. The first-order chi connectivity index (χ1) is 11.8. The van der Waals surface area contributed by atoms with Crippen LogP contribution in [-0.4, -0.2) is 28.9 Å². The Morgan fingerprint density at radius 1 is 0.846 bits per heavy atom. The van der Waals surface area contributed by atoms with Gasteiger partial charge < -0.3 is 14.2 Å². The van der Waals surface area contributed by atoms with Gasteiger partial charge in [-0.25, -0.2) is 0 Å². The zero-order valence-electron chi connectivity index (χ0n) is 17.2. The summed E-state index contributed by atoms with van der Waals surface area (Å²) in [5, 5.41) is 0. The third kappa shape index (κ3) is 2.27. The van der Waals surface area contributed by atoms with Gasteiger partial charge in [-0.05, 0) is 50.4 Å². The minimum Gasteiger partial charge on any atom is -0.343 e. The third-order valence-corrected chi connectivity index (χ3v) is 7.60. The van der Waals surface area contributed by atoms with E-state index in [1.807, 2.05) is 0 Å². The van der Waals surface area contributed by atoms with Crippen molar-refractivity contribution >= 4 is 9.24 Å². The van der Waals surface area contributed by atoms with E-state index in [0.29, 0.717) is 0 Å². The average molecular weight is 376 g/mol. The average Bonchev–Trinajstić information content (AvgIpc) is 2.42. The summed E-state index contributed by atoms with van der Waals surface area (Å²) in [5.41, 5.74) is 1.88. The Labute approximate surface area is 160 Å². The highest BCUT2D eigenvalue weighted by Gasteiger charge is 2.77. The summed E-state index contributed by atoms with van der Waals surface area (Å²) in [4.78, 5) is 0. The van der Waals surface area contributed by atoms with Crippen LogP contribution in [0.4, 0.5) is 0 Å². The van der Waals surface area contributed by atoms with Crippen LogP contribution in [0, 0.1) is 0 Å². The van der Waals surface area contributed by atoms with Gasteiger partial charge in [0.25, 0.3) is 0 Å². The molecule has 0 radical (unpaired) electrons. The molecule has 0 aromatic heterocycles. The van der Waals surface area contributed by atoms with Gasteiger partial charge in [0, 0.05) is 12.8 Å². The smallest absolute Gasteiger partial charge is 0.172 e. The summed E-state index contributed by atoms with van der Waals surface area (Å²) in [5.74, 6) is -1.16. The Bertz CT molecular complexity index is 689. The van der Waals surface area contributed by atoms with Crippen molar-refractivity contribution in [2.24, 2.45) is 0 Å². The van der Waals surface area contributed by atoms with E-state index >= 15 is 0 Å². The van der Waals surface area contributed by atoms with Crippen molar-refractivity contribution in [1.82, 2.24) is 0 Å². The molecule has 144 valence electrons. The zero-order chi connectivity index (χ0) is 19.2. The lowest BCUT2D eigenvalue weighted by Crippen LogP contribution is -2.83. The molecule has 1 aromatic rings. The third-order valence-electron chi connectivity index (χ3n) is 6.99. The molecule has 4 heteroatoms. The van der Waals surface area contributed by atoms with Crippen LogP contribution in [0.15, 0.2) is 24.3 Å². The number of hydrogen-bond acceptors (Lipinski definition) is 3. The second kappa shape index (κ2) is 5.11. The normalized spacial score (nSPS) is 47.4. The van der Waals surface area contributed by atoms with Crippen molar-refractivity contribution in [3.63, 3.8) is 0 Å². The van der Waals surface area contributed by atoms with Crippen LogP contribution in [0.1, 0.15) is 72.4 Å². The van der Waals surface area contributed by atoms with E-state index in [9.17, 15) is 0 Å². The minimum absolute atomic E-state index is 0.145. The molecule has 4 fully saturated rings. The highest BCUT2D eigenvalue weighted by atomic mass is 31.0. The van der Waals surface area contributed by atoms with Gasteiger partial charge in [0.05, 0.1) is 16.6 Å². The number of benzene rings is 1. The van der Waals surface area contributed by atoms with Crippen LogP contribution >= 0.6 is 9.24 Å². The molecule has 0 amide bonds. The molecule has 5 atom stereocenters. The van der Waals surface area contributed by atoms with Gasteiger partial charge in [-0.1, -0.05) is 45.0 Å². The van der Waals surface area contributed by atoms with Crippen LogP contribution in [-0.2, 0) is 25.0 Å². The molecule has 4 aliphatic rings. The molecular weight excluding hydrogens is 343 g/mol. The molecule has 0 N–H and O–H groups in total. The number of hydrogen-bond donors (Lipinski definition) is 0. The molecule has 0 aliphatic carbocycles. The first-order valence-electron chi connectivity index (χ1n) is 9.72. The molecule has 26 heavy (non-hydrogen) atoms. The van der Waals surface area contributed by atoms with Crippen LogP contribution in [0.2, 0.25) is 0 Å². The second-order valence-corrected chi connectivity index (χ2v) is 10.7. The highest BCUT2D eigenvalue weighted by molar-refractivity contribution is 7.16. The SMILES string of the molecule is CC12CC3(C)OC(C)(CC(C)(O1)C3(CP)c1ccc(C(C)(C)C)cc1)O2. The largest absolute Gasteiger partial charge is 0.343 e. The first kappa shape index (κ1) is 18.9. The van der Waals surface area contributed by atoms with E-state index in [1.54, 1.807) is 0 Å². The summed E-state index contributed by atoms with van der Waals surface area (Å²) in [7, 11) is 2.98. The predicted octanol–water partition coefficient (Wildman–Crippen LogP) is 4.92. The molecule has 4 heterocycles. The van der Waals surface area contributed by atoms with Crippen LogP contribution in [0.25, 0.3) is 0 Å². The van der Waals surface area contributed by atoms with Crippen molar-refractivity contribution in [3.05, 3.63) is 35.4 Å². The fourth-order valence-electron chi connectivity index (χ4n) is 6.34. The molecule has 4 bridgehead atoms. The predicted molar refractivity (Wildman–Crippen MR) is 108 cm³/mol. The monoisotopic (exact) mass is 376 g/mol. The first-order valence-corrected chi connectivity index (χ1v) is 10.5. The van der Waals surface area contributed by atoms with Gasteiger partial charge in [0.2, 0.25) is 0 Å². The lowest BCUT2D eigenvalue weighted by molar-refractivity contribution is -0.531. The number of ether oxygens (including phenoxy) is 3. The van der Waals surface area contributed by atoms with E-state index in [-0.39, 0.29) is 22.0 Å². The summed E-state index contributed by atoms with van der Waals surface area (Å²) in [6.45, 7) is 15.4. The van der Waals surface area contributed by atoms with Crippen molar-refractivity contribution in [3.8, 4) is 0 Å². The van der Waals surface area contributed by atoms with E-state index in [0.717, 1.165) is 19.0 Å². The highest BCUT2D eigenvalue weighted by Crippen LogP contribution is 2.68. The lowest BCUT2D eigenvalue weighted by Gasteiger charge is -2.74. The van der Waals surface area contributed by atoms with E-state index < -0.39 is 11.6 Å². The second-order valence-electron chi connectivity index (χ2n) is 10.3. The van der Waals surface area contributed by atoms with Crippen molar-refractivity contribution in [2.75, 3.05) is 6.16 Å². The topological polar surface area (TPSA) is 27.7 Å². The fourth-order valence-corrected chi connectivity index (χ4v) is 7.44. The van der Waals surface area contributed by atoms with Gasteiger partial charge in [0.15, 0.2) is 11.6 Å². The van der Waals surface area contributed by atoms with Gasteiger partial charge in [0.1, 0.15) is 0 Å². The molecule has 4 aliphatic heterocycles.